The maximum atomic E-state index is 12.6. The summed E-state index contributed by atoms with van der Waals surface area (Å²) < 4.78 is 0. The molecular weight excluding hydrogens is 298 g/mol. The van der Waals surface area contributed by atoms with E-state index < -0.39 is 0 Å². The van der Waals surface area contributed by atoms with Crippen molar-refractivity contribution < 1.29 is 4.79 Å². The zero-order chi connectivity index (χ0) is 17.1. The van der Waals surface area contributed by atoms with Gasteiger partial charge in [0.2, 0.25) is 5.91 Å². The van der Waals surface area contributed by atoms with E-state index in [0.29, 0.717) is 18.2 Å². The lowest BCUT2D eigenvalue weighted by Gasteiger charge is -2.31. The van der Waals surface area contributed by atoms with Gasteiger partial charge < -0.3 is 9.80 Å². The molecule has 132 valence electrons. The minimum Gasteiger partial charge on any atom is -0.341 e. The second kappa shape index (κ2) is 7.66. The molecule has 0 unspecified atom stereocenters. The number of rotatable bonds is 5. The molecule has 2 aliphatic heterocycles. The van der Waals surface area contributed by atoms with Crippen LogP contribution in [0.25, 0.3) is 0 Å². The van der Waals surface area contributed by atoms with Gasteiger partial charge in [-0.2, -0.15) is 0 Å². The van der Waals surface area contributed by atoms with Crippen LogP contribution >= 0.6 is 0 Å². The Bertz CT molecular complexity index is 578. The van der Waals surface area contributed by atoms with Crippen LogP contribution in [-0.4, -0.2) is 54.3 Å². The van der Waals surface area contributed by atoms with Crippen LogP contribution in [0.15, 0.2) is 18.2 Å². The lowest BCUT2D eigenvalue weighted by molar-refractivity contribution is -0.131. The van der Waals surface area contributed by atoms with E-state index in [0.717, 1.165) is 39.3 Å². The van der Waals surface area contributed by atoms with Crippen LogP contribution in [0.2, 0.25) is 0 Å². The van der Waals surface area contributed by atoms with Crippen LogP contribution < -0.4 is 0 Å². The summed E-state index contributed by atoms with van der Waals surface area (Å²) in [5, 5.41) is 0. The van der Waals surface area contributed by atoms with Gasteiger partial charge in [0, 0.05) is 33.1 Å². The average molecular weight is 329 g/mol. The van der Waals surface area contributed by atoms with Crippen molar-refractivity contribution in [2.75, 3.05) is 33.7 Å². The second-order valence-electron chi connectivity index (χ2n) is 7.61. The molecule has 1 aromatic rings. The summed E-state index contributed by atoms with van der Waals surface area (Å²) in [6, 6.07) is 6.69. The predicted octanol–water partition coefficient (Wildman–Crippen LogP) is 2.71. The number of fused-ring (bicyclic) bond motifs is 1. The number of hydrogen-bond donors (Lipinski definition) is 0. The van der Waals surface area contributed by atoms with Gasteiger partial charge >= 0.3 is 0 Å². The number of benzene rings is 1. The van der Waals surface area contributed by atoms with Gasteiger partial charge in [-0.1, -0.05) is 25.1 Å². The lowest BCUT2D eigenvalue weighted by atomic mass is 9.93. The van der Waals surface area contributed by atoms with Gasteiger partial charge in [0.1, 0.15) is 0 Å². The molecule has 1 amide bonds. The molecule has 3 rings (SSSR count). The highest BCUT2D eigenvalue weighted by Gasteiger charge is 2.22. The predicted molar refractivity (Wildman–Crippen MR) is 97.5 cm³/mol. The summed E-state index contributed by atoms with van der Waals surface area (Å²) in [7, 11) is 4.10. The zero-order valence-corrected chi connectivity index (χ0v) is 15.4. The Balaban J connectivity index is 1.51. The van der Waals surface area contributed by atoms with Gasteiger partial charge in [-0.25, -0.2) is 0 Å². The molecule has 0 radical (unpaired) electrons. The van der Waals surface area contributed by atoms with E-state index in [-0.39, 0.29) is 0 Å². The highest BCUT2D eigenvalue weighted by atomic mass is 16.2. The Labute approximate surface area is 146 Å². The first-order chi connectivity index (χ1) is 11.5. The molecule has 0 saturated carbocycles. The molecule has 0 spiro atoms. The number of nitrogens with zero attached hydrogens (tertiary/aromatic N) is 3. The number of carbonyl (C=O) groups excluding carboxylic acids is 1. The van der Waals surface area contributed by atoms with Gasteiger partial charge in [-0.05, 0) is 62.1 Å². The van der Waals surface area contributed by atoms with E-state index in [1.54, 1.807) is 0 Å². The van der Waals surface area contributed by atoms with Crippen molar-refractivity contribution in [2.24, 2.45) is 5.92 Å². The highest BCUT2D eigenvalue weighted by molar-refractivity contribution is 5.76. The van der Waals surface area contributed by atoms with Crippen LogP contribution in [0.4, 0.5) is 0 Å². The molecule has 0 N–H and O–H groups in total. The van der Waals surface area contributed by atoms with Crippen LogP contribution in [0.5, 0.6) is 0 Å². The fourth-order valence-corrected chi connectivity index (χ4v) is 3.99. The van der Waals surface area contributed by atoms with Crippen molar-refractivity contribution in [3.63, 3.8) is 0 Å². The van der Waals surface area contributed by atoms with E-state index in [4.69, 9.17) is 0 Å². The third-order valence-corrected chi connectivity index (χ3v) is 5.61. The van der Waals surface area contributed by atoms with Crippen molar-refractivity contribution >= 4 is 5.91 Å². The fraction of sp³-hybridized carbons (Fsp3) is 0.650. The zero-order valence-electron chi connectivity index (χ0n) is 15.4. The number of carbonyl (C=O) groups is 1. The quantitative estimate of drug-likeness (QED) is 0.831. The first-order valence-corrected chi connectivity index (χ1v) is 9.30. The Morgan fingerprint density at radius 2 is 1.92 bits per heavy atom. The second-order valence-corrected chi connectivity index (χ2v) is 7.61. The molecule has 0 bridgehead atoms. The monoisotopic (exact) mass is 329 g/mol. The summed E-state index contributed by atoms with van der Waals surface area (Å²) in [5.74, 6) is 0.860. The summed E-state index contributed by atoms with van der Waals surface area (Å²) in [6.07, 6.45) is 3.04. The van der Waals surface area contributed by atoms with Crippen LogP contribution in [0.3, 0.4) is 0 Å². The van der Waals surface area contributed by atoms with Gasteiger partial charge in [0.15, 0.2) is 0 Å². The molecule has 0 aromatic heterocycles. The van der Waals surface area contributed by atoms with E-state index >= 15 is 0 Å². The third kappa shape index (κ3) is 4.17. The molecule has 1 aromatic carbocycles. The number of amides is 1. The summed E-state index contributed by atoms with van der Waals surface area (Å²) >= 11 is 0. The molecule has 4 heteroatoms. The number of likely N-dealkylation sites (tertiary alicyclic amines) is 1. The molecule has 0 aliphatic carbocycles. The Morgan fingerprint density at radius 3 is 2.62 bits per heavy atom. The number of piperidine rings is 1. The van der Waals surface area contributed by atoms with E-state index in [1.807, 2.05) is 11.9 Å². The molecule has 4 nitrogen and oxygen atoms in total. The average Bonchev–Trinajstić information content (AvgIpc) is 2.94. The highest BCUT2D eigenvalue weighted by Crippen LogP contribution is 2.24. The van der Waals surface area contributed by atoms with E-state index in [1.165, 1.54) is 29.5 Å². The van der Waals surface area contributed by atoms with Crippen molar-refractivity contribution in [1.82, 2.24) is 14.7 Å². The summed E-state index contributed by atoms with van der Waals surface area (Å²) in [4.78, 5) is 19.3. The first-order valence-electron chi connectivity index (χ1n) is 9.30. The molecule has 1 saturated heterocycles. The van der Waals surface area contributed by atoms with Crippen molar-refractivity contribution in [3.05, 3.63) is 34.9 Å². The molecule has 1 fully saturated rings. The van der Waals surface area contributed by atoms with Gasteiger partial charge in [-0.15, -0.1) is 0 Å². The van der Waals surface area contributed by atoms with Crippen LogP contribution in [0.1, 0.15) is 42.9 Å². The number of hydrogen-bond acceptors (Lipinski definition) is 3. The molecule has 2 aliphatic rings. The summed E-state index contributed by atoms with van der Waals surface area (Å²) in [6.45, 7) is 8.44. The maximum absolute atomic E-state index is 12.6. The molecule has 2 heterocycles. The topological polar surface area (TPSA) is 26.8 Å². The largest absolute Gasteiger partial charge is 0.341 e. The SMILES string of the molecule is CCN1CCC(CC(=O)N(C)Cc2ccc3c(c2)CN(C)C3)CC1. The lowest BCUT2D eigenvalue weighted by Crippen LogP contribution is -2.36. The molecular formula is C20H31N3O. The smallest absolute Gasteiger partial charge is 0.222 e. The van der Waals surface area contributed by atoms with Crippen molar-refractivity contribution in [2.45, 2.75) is 45.8 Å². The minimum atomic E-state index is 0.294. The molecule has 0 atom stereocenters. The van der Waals surface area contributed by atoms with Crippen LogP contribution in [0, 0.1) is 5.92 Å². The van der Waals surface area contributed by atoms with Crippen LogP contribution in [-0.2, 0) is 24.4 Å². The Morgan fingerprint density at radius 1 is 1.21 bits per heavy atom. The molecule has 24 heavy (non-hydrogen) atoms. The van der Waals surface area contributed by atoms with E-state index in [9.17, 15) is 4.79 Å². The fourth-order valence-electron chi connectivity index (χ4n) is 3.99. The Kier molecular flexibility index (Phi) is 5.57. The Hall–Kier alpha value is -1.39. The minimum absolute atomic E-state index is 0.294. The van der Waals surface area contributed by atoms with Gasteiger partial charge in [-0.3, -0.25) is 9.69 Å². The summed E-state index contributed by atoms with van der Waals surface area (Å²) in [5.41, 5.74) is 4.10. The third-order valence-electron chi connectivity index (χ3n) is 5.61. The van der Waals surface area contributed by atoms with Gasteiger partial charge in [0.25, 0.3) is 0 Å². The van der Waals surface area contributed by atoms with Crippen molar-refractivity contribution in [3.8, 4) is 0 Å². The van der Waals surface area contributed by atoms with E-state index in [2.05, 4.69) is 42.0 Å². The first kappa shape index (κ1) is 17.4. The van der Waals surface area contributed by atoms with Gasteiger partial charge in [0.05, 0.1) is 0 Å². The van der Waals surface area contributed by atoms with Crippen molar-refractivity contribution in [1.29, 1.82) is 0 Å². The maximum Gasteiger partial charge on any atom is 0.222 e. The standard InChI is InChI=1S/C20H31N3O/c1-4-23-9-7-16(8-10-23)12-20(24)22(3)13-17-5-6-18-14-21(2)15-19(18)11-17/h5-6,11,16H,4,7-10,12-15H2,1-3H3. The normalized spacial score (nSPS) is 19.5.